The highest BCUT2D eigenvalue weighted by molar-refractivity contribution is 5.69. The van der Waals surface area contributed by atoms with Gasteiger partial charge in [-0.1, -0.05) is 39.5 Å². The number of aliphatic hydroxyl groups excluding tert-OH is 1. The van der Waals surface area contributed by atoms with Crippen LogP contribution in [0.1, 0.15) is 110 Å². The summed E-state index contributed by atoms with van der Waals surface area (Å²) in [7, 11) is 0. The van der Waals surface area contributed by atoms with Crippen LogP contribution in [0.2, 0.25) is 0 Å². The Labute approximate surface area is 183 Å². The van der Waals surface area contributed by atoms with E-state index in [9.17, 15) is 9.90 Å². The van der Waals surface area contributed by atoms with Gasteiger partial charge >= 0.3 is 5.97 Å². The van der Waals surface area contributed by atoms with Crippen molar-refractivity contribution in [3.63, 3.8) is 0 Å². The fourth-order valence-corrected chi connectivity index (χ4v) is 9.22. The molecule has 5 unspecified atom stereocenters. The molecule has 0 saturated heterocycles. The Balaban J connectivity index is 1.23. The van der Waals surface area contributed by atoms with E-state index >= 15 is 0 Å². The number of carbonyl (C=O) groups is 1. The average Bonchev–Trinajstić information content (AvgIpc) is 3.35. The lowest BCUT2D eigenvalue weighted by molar-refractivity contribution is -0.165. The van der Waals surface area contributed by atoms with Gasteiger partial charge in [0, 0.05) is 11.8 Å². The van der Waals surface area contributed by atoms with Crippen LogP contribution in [0.5, 0.6) is 0 Å². The molecule has 0 aromatic heterocycles. The first-order chi connectivity index (χ1) is 14.4. The van der Waals surface area contributed by atoms with Crippen molar-refractivity contribution < 1.29 is 14.6 Å². The van der Waals surface area contributed by atoms with E-state index < -0.39 is 0 Å². The number of carbonyl (C=O) groups excluding carboxylic acids is 1. The zero-order chi connectivity index (χ0) is 20.9. The molecule has 5 aliphatic rings. The van der Waals surface area contributed by atoms with Gasteiger partial charge in [0.2, 0.25) is 0 Å². The lowest BCUT2D eigenvalue weighted by Gasteiger charge is -2.60. The minimum atomic E-state index is -0.0620. The standard InChI is InChI=1S/C27H44O3/c1-26-15-13-20(28)17-19(26)8-9-21-22-10-11-24(27(22,2)16-14-23(21)26)30-25(29)12-7-18-5-3-4-6-18/h18-24,28H,3-17H2,1-2H3/t19?,20?,21?,22?,23?,24-,26-,27-/m0/s1. The number of aliphatic hydroxyl groups is 1. The Morgan fingerprint density at radius 3 is 2.43 bits per heavy atom. The second-order valence-electron chi connectivity index (χ2n) is 12.4. The van der Waals surface area contributed by atoms with Crippen molar-refractivity contribution in [3.05, 3.63) is 0 Å². The largest absolute Gasteiger partial charge is 0.462 e. The number of fused-ring (bicyclic) bond motifs is 5. The maximum absolute atomic E-state index is 12.7. The normalized spacial score (nSPS) is 48.6. The third-order valence-corrected chi connectivity index (χ3v) is 11.1. The van der Waals surface area contributed by atoms with Crippen molar-refractivity contribution in [2.24, 2.45) is 40.4 Å². The molecule has 5 rings (SSSR count). The minimum absolute atomic E-state index is 0.0620. The van der Waals surface area contributed by atoms with E-state index in [1.807, 2.05) is 0 Å². The van der Waals surface area contributed by atoms with Crippen LogP contribution in [0, 0.1) is 40.4 Å². The SMILES string of the molecule is C[C@]12CCC(O)CC1CCC1C2CC[C@@]2(C)C1CC[C@@H]2OC(=O)CCC1CCCC1. The van der Waals surface area contributed by atoms with Crippen molar-refractivity contribution in [2.45, 2.75) is 122 Å². The molecule has 0 aliphatic heterocycles. The Morgan fingerprint density at radius 1 is 0.900 bits per heavy atom. The maximum atomic E-state index is 12.7. The topological polar surface area (TPSA) is 46.5 Å². The van der Waals surface area contributed by atoms with Crippen molar-refractivity contribution in [1.82, 2.24) is 0 Å². The summed E-state index contributed by atoms with van der Waals surface area (Å²) in [4.78, 5) is 12.7. The van der Waals surface area contributed by atoms with E-state index in [1.54, 1.807) is 0 Å². The fourth-order valence-electron chi connectivity index (χ4n) is 9.22. The molecule has 0 heterocycles. The smallest absolute Gasteiger partial charge is 0.306 e. The average molecular weight is 417 g/mol. The second-order valence-corrected chi connectivity index (χ2v) is 12.4. The first kappa shape index (κ1) is 21.3. The molecule has 1 N–H and O–H groups in total. The first-order valence-corrected chi connectivity index (χ1v) is 13.3. The van der Waals surface area contributed by atoms with Gasteiger partial charge in [-0.2, -0.15) is 0 Å². The van der Waals surface area contributed by atoms with E-state index in [0.29, 0.717) is 11.8 Å². The van der Waals surface area contributed by atoms with Crippen LogP contribution in [-0.2, 0) is 9.53 Å². The van der Waals surface area contributed by atoms with E-state index in [-0.39, 0.29) is 23.6 Å². The van der Waals surface area contributed by atoms with E-state index in [0.717, 1.165) is 55.3 Å². The number of ether oxygens (including phenoxy) is 1. The summed E-state index contributed by atoms with van der Waals surface area (Å²) >= 11 is 0. The molecule has 0 bridgehead atoms. The van der Waals surface area contributed by atoms with E-state index in [1.165, 1.54) is 64.2 Å². The number of hydrogen-bond acceptors (Lipinski definition) is 3. The van der Waals surface area contributed by atoms with Gasteiger partial charge in [-0.15, -0.1) is 0 Å². The van der Waals surface area contributed by atoms with Gasteiger partial charge in [-0.25, -0.2) is 0 Å². The highest BCUT2D eigenvalue weighted by Crippen LogP contribution is 2.66. The monoisotopic (exact) mass is 416 g/mol. The van der Waals surface area contributed by atoms with Crippen LogP contribution >= 0.6 is 0 Å². The lowest BCUT2D eigenvalue weighted by Crippen LogP contribution is -2.54. The molecule has 3 heteroatoms. The highest BCUT2D eigenvalue weighted by atomic mass is 16.5. The van der Waals surface area contributed by atoms with Crippen molar-refractivity contribution in [3.8, 4) is 0 Å². The molecule has 3 nitrogen and oxygen atoms in total. The number of esters is 1. The summed E-state index contributed by atoms with van der Waals surface area (Å²) in [6.07, 6.45) is 17.8. The third-order valence-electron chi connectivity index (χ3n) is 11.1. The summed E-state index contributed by atoms with van der Waals surface area (Å²) in [6, 6.07) is 0. The molecule has 8 atom stereocenters. The Hall–Kier alpha value is -0.570. The Bertz CT molecular complexity index is 640. The molecule has 5 saturated carbocycles. The van der Waals surface area contributed by atoms with E-state index in [2.05, 4.69) is 13.8 Å². The number of rotatable bonds is 4. The summed E-state index contributed by atoms with van der Waals surface area (Å²) in [6.45, 7) is 5.01. The van der Waals surface area contributed by atoms with Crippen LogP contribution in [0.4, 0.5) is 0 Å². The summed E-state index contributed by atoms with van der Waals surface area (Å²) in [5, 5.41) is 10.2. The molecule has 5 aliphatic carbocycles. The molecule has 5 fully saturated rings. The zero-order valence-electron chi connectivity index (χ0n) is 19.4. The quantitative estimate of drug-likeness (QED) is 0.549. The predicted octanol–water partition coefficient (Wildman–Crippen LogP) is 6.27. The molecule has 0 spiro atoms. The van der Waals surface area contributed by atoms with Crippen LogP contribution < -0.4 is 0 Å². The zero-order valence-corrected chi connectivity index (χ0v) is 19.4. The second kappa shape index (κ2) is 8.09. The van der Waals surface area contributed by atoms with Crippen LogP contribution in [-0.4, -0.2) is 23.3 Å². The summed E-state index contributed by atoms with van der Waals surface area (Å²) in [5.41, 5.74) is 0.626. The van der Waals surface area contributed by atoms with Crippen molar-refractivity contribution >= 4 is 5.97 Å². The molecule has 170 valence electrons. The Kier molecular flexibility index (Phi) is 5.74. The van der Waals surface area contributed by atoms with Gasteiger partial charge in [0.05, 0.1) is 6.10 Å². The van der Waals surface area contributed by atoms with Gasteiger partial charge in [-0.05, 0) is 99.2 Å². The molecule has 0 amide bonds. The molecular formula is C27H44O3. The molecular weight excluding hydrogens is 372 g/mol. The summed E-state index contributed by atoms with van der Waals surface area (Å²) in [5.74, 6) is 3.92. The molecule has 0 aromatic carbocycles. The maximum Gasteiger partial charge on any atom is 0.306 e. The molecule has 0 aromatic rings. The van der Waals surface area contributed by atoms with Crippen LogP contribution in [0.25, 0.3) is 0 Å². The van der Waals surface area contributed by atoms with Gasteiger partial charge in [0.25, 0.3) is 0 Å². The Morgan fingerprint density at radius 2 is 1.63 bits per heavy atom. The fraction of sp³-hybridized carbons (Fsp3) is 0.963. The van der Waals surface area contributed by atoms with Gasteiger partial charge in [0.1, 0.15) is 6.10 Å². The van der Waals surface area contributed by atoms with Crippen molar-refractivity contribution in [2.75, 3.05) is 0 Å². The third kappa shape index (κ3) is 3.55. The number of hydrogen-bond donors (Lipinski definition) is 1. The predicted molar refractivity (Wildman–Crippen MR) is 119 cm³/mol. The van der Waals surface area contributed by atoms with E-state index in [4.69, 9.17) is 4.74 Å². The van der Waals surface area contributed by atoms with Crippen LogP contribution in [0.15, 0.2) is 0 Å². The van der Waals surface area contributed by atoms with Gasteiger partial charge < -0.3 is 9.84 Å². The van der Waals surface area contributed by atoms with Crippen LogP contribution in [0.3, 0.4) is 0 Å². The lowest BCUT2D eigenvalue weighted by atomic mass is 9.45. The summed E-state index contributed by atoms with van der Waals surface area (Å²) < 4.78 is 6.20. The highest BCUT2D eigenvalue weighted by Gasteiger charge is 2.61. The minimum Gasteiger partial charge on any atom is -0.462 e. The molecule has 0 radical (unpaired) electrons. The van der Waals surface area contributed by atoms with Gasteiger partial charge in [0.15, 0.2) is 0 Å². The van der Waals surface area contributed by atoms with Crippen molar-refractivity contribution in [1.29, 1.82) is 0 Å². The van der Waals surface area contributed by atoms with Gasteiger partial charge in [-0.3, -0.25) is 4.79 Å². The molecule has 30 heavy (non-hydrogen) atoms. The first-order valence-electron chi connectivity index (χ1n) is 13.3.